The number of aldehydes is 2. The van der Waals surface area contributed by atoms with Gasteiger partial charge < -0.3 is 10.2 Å². The molecule has 0 fully saturated rings. The fourth-order valence-electron chi connectivity index (χ4n) is 3.40. The summed E-state index contributed by atoms with van der Waals surface area (Å²) in [6.07, 6.45) is 1.15. The summed E-state index contributed by atoms with van der Waals surface area (Å²) in [5.74, 6) is -0.440. The molecule has 0 atom stereocenters. The molecule has 0 radical (unpaired) electrons. The first-order valence-electron chi connectivity index (χ1n) is 8.06. The number of phenols is 2. The zero-order valence-corrected chi connectivity index (χ0v) is 13.6. The Morgan fingerprint density at radius 1 is 0.615 bits per heavy atom. The average Bonchev–Trinajstić information content (AvgIpc) is 2.68. The SMILES string of the molecule is O=Cc1cc2ccccc2c(-c2c(O)c(C=O)cc3ccccc23)c1O. The van der Waals surface area contributed by atoms with Crippen molar-refractivity contribution in [3.8, 4) is 22.6 Å². The zero-order chi connectivity index (χ0) is 18.3. The van der Waals surface area contributed by atoms with Crippen LogP contribution in [-0.2, 0) is 0 Å². The first kappa shape index (κ1) is 15.8. The lowest BCUT2D eigenvalue weighted by Gasteiger charge is -2.16. The molecule has 0 heterocycles. The minimum atomic E-state index is -0.220. The maximum absolute atomic E-state index is 11.4. The monoisotopic (exact) mass is 342 g/mol. The van der Waals surface area contributed by atoms with E-state index in [1.807, 2.05) is 36.4 Å². The molecule has 0 spiro atoms. The molecule has 0 saturated carbocycles. The minimum absolute atomic E-state index is 0.124. The van der Waals surface area contributed by atoms with Crippen molar-refractivity contribution < 1.29 is 19.8 Å². The van der Waals surface area contributed by atoms with E-state index in [0.717, 1.165) is 10.8 Å². The Morgan fingerprint density at radius 3 is 1.38 bits per heavy atom. The maximum atomic E-state index is 11.4. The standard InChI is InChI=1S/C22H14O4/c23-11-15-9-13-5-1-3-7-17(13)19(21(15)25)20-18-8-4-2-6-14(18)10-16(12-24)22(20)26/h1-12,25-26H. The van der Waals surface area contributed by atoms with E-state index in [0.29, 0.717) is 34.5 Å². The summed E-state index contributed by atoms with van der Waals surface area (Å²) in [6.45, 7) is 0. The Morgan fingerprint density at radius 2 is 1.00 bits per heavy atom. The summed E-state index contributed by atoms with van der Waals surface area (Å²) in [4.78, 5) is 22.9. The topological polar surface area (TPSA) is 74.6 Å². The van der Waals surface area contributed by atoms with E-state index in [-0.39, 0.29) is 22.6 Å². The Labute approximate surface area is 148 Å². The highest BCUT2D eigenvalue weighted by Gasteiger charge is 2.21. The molecule has 2 N–H and O–H groups in total. The summed E-state index contributed by atoms with van der Waals surface area (Å²) in [7, 11) is 0. The number of carbonyl (C=O) groups excluding carboxylic acids is 2. The average molecular weight is 342 g/mol. The van der Waals surface area contributed by atoms with Crippen LogP contribution in [0.5, 0.6) is 11.5 Å². The molecule has 0 aliphatic carbocycles. The van der Waals surface area contributed by atoms with Gasteiger partial charge in [0.2, 0.25) is 0 Å². The fourth-order valence-corrected chi connectivity index (χ4v) is 3.40. The van der Waals surface area contributed by atoms with Crippen molar-refractivity contribution in [2.24, 2.45) is 0 Å². The van der Waals surface area contributed by atoms with E-state index in [2.05, 4.69) is 0 Å². The van der Waals surface area contributed by atoms with Gasteiger partial charge in [0.25, 0.3) is 0 Å². The molecular weight excluding hydrogens is 328 g/mol. The summed E-state index contributed by atoms with van der Waals surface area (Å²) in [6, 6.07) is 17.8. The second-order valence-electron chi connectivity index (χ2n) is 6.06. The lowest BCUT2D eigenvalue weighted by atomic mass is 9.89. The number of rotatable bonds is 3. The van der Waals surface area contributed by atoms with Crippen molar-refractivity contribution >= 4 is 34.1 Å². The van der Waals surface area contributed by atoms with Crippen LogP contribution in [0.4, 0.5) is 0 Å². The third-order valence-electron chi connectivity index (χ3n) is 4.61. The van der Waals surface area contributed by atoms with Gasteiger partial charge in [-0.05, 0) is 33.7 Å². The first-order chi connectivity index (χ1) is 12.7. The lowest BCUT2D eigenvalue weighted by Crippen LogP contribution is -1.93. The highest BCUT2D eigenvalue weighted by atomic mass is 16.3. The number of fused-ring (bicyclic) bond motifs is 2. The van der Waals surface area contributed by atoms with E-state index >= 15 is 0 Å². The van der Waals surface area contributed by atoms with Gasteiger partial charge in [-0.15, -0.1) is 0 Å². The van der Waals surface area contributed by atoms with Gasteiger partial charge in [-0.3, -0.25) is 9.59 Å². The molecule has 26 heavy (non-hydrogen) atoms. The van der Waals surface area contributed by atoms with Crippen LogP contribution in [0.3, 0.4) is 0 Å². The molecular formula is C22H14O4. The lowest BCUT2D eigenvalue weighted by molar-refractivity contribution is 0.111. The second kappa shape index (κ2) is 6.01. The molecule has 4 aromatic rings. The van der Waals surface area contributed by atoms with Crippen molar-refractivity contribution in [2.75, 3.05) is 0 Å². The Bertz CT molecular complexity index is 1100. The minimum Gasteiger partial charge on any atom is -0.507 e. The Balaban J connectivity index is 2.28. The molecule has 0 bridgehead atoms. The van der Waals surface area contributed by atoms with Gasteiger partial charge in [0.05, 0.1) is 11.1 Å². The predicted molar refractivity (Wildman–Crippen MR) is 101 cm³/mol. The van der Waals surface area contributed by atoms with E-state index in [9.17, 15) is 19.8 Å². The normalized spacial score (nSPS) is 10.9. The smallest absolute Gasteiger partial charge is 0.153 e. The van der Waals surface area contributed by atoms with E-state index in [1.165, 1.54) is 0 Å². The third kappa shape index (κ3) is 2.24. The van der Waals surface area contributed by atoms with E-state index < -0.39 is 0 Å². The Kier molecular flexibility index (Phi) is 3.66. The molecule has 4 aromatic carbocycles. The second-order valence-corrected chi connectivity index (χ2v) is 6.06. The summed E-state index contributed by atoms with van der Waals surface area (Å²) in [5, 5.41) is 24.4. The van der Waals surface area contributed by atoms with Crippen LogP contribution in [0.15, 0.2) is 60.7 Å². The van der Waals surface area contributed by atoms with Crippen molar-refractivity contribution in [2.45, 2.75) is 0 Å². The zero-order valence-electron chi connectivity index (χ0n) is 13.6. The van der Waals surface area contributed by atoms with E-state index in [4.69, 9.17) is 0 Å². The summed E-state index contributed by atoms with van der Waals surface area (Å²) in [5.41, 5.74) is 0.919. The molecule has 0 aliphatic rings. The largest absolute Gasteiger partial charge is 0.507 e. The molecule has 0 aliphatic heterocycles. The number of aromatic hydroxyl groups is 2. The van der Waals surface area contributed by atoms with Gasteiger partial charge in [-0.25, -0.2) is 0 Å². The highest BCUT2D eigenvalue weighted by molar-refractivity contribution is 6.13. The molecule has 0 amide bonds. The Hall–Kier alpha value is -3.66. The van der Waals surface area contributed by atoms with Crippen LogP contribution in [-0.4, -0.2) is 22.8 Å². The molecule has 0 aromatic heterocycles. The van der Waals surface area contributed by atoms with Gasteiger partial charge in [0.1, 0.15) is 11.5 Å². The number of hydrogen-bond acceptors (Lipinski definition) is 4. The van der Waals surface area contributed by atoms with Crippen molar-refractivity contribution in [1.29, 1.82) is 0 Å². The summed E-state index contributed by atoms with van der Waals surface area (Å²) < 4.78 is 0. The number of phenolic OH excluding ortho intramolecular Hbond substituents is 2. The number of carbonyl (C=O) groups is 2. The fraction of sp³-hybridized carbons (Fsp3) is 0. The van der Waals surface area contributed by atoms with Crippen LogP contribution in [0, 0.1) is 0 Å². The van der Waals surface area contributed by atoms with Crippen molar-refractivity contribution in [1.82, 2.24) is 0 Å². The molecule has 4 heteroatoms. The molecule has 4 rings (SSSR count). The van der Waals surface area contributed by atoms with Crippen LogP contribution in [0.2, 0.25) is 0 Å². The maximum Gasteiger partial charge on any atom is 0.153 e. The van der Waals surface area contributed by atoms with Gasteiger partial charge in [-0.2, -0.15) is 0 Å². The number of hydrogen-bond donors (Lipinski definition) is 2. The third-order valence-corrected chi connectivity index (χ3v) is 4.61. The van der Waals surface area contributed by atoms with Gasteiger partial charge in [0.15, 0.2) is 12.6 Å². The number of benzene rings is 4. The van der Waals surface area contributed by atoms with Crippen LogP contribution in [0.25, 0.3) is 32.7 Å². The molecule has 0 unspecified atom stereocenters. The quantitative estimate of drug-likeness (QED) is 0.529. The van der Waals surface area contributed by atoms with E-state index in [1.54, 1.807) is 24.3 Å². The molecule has 4 nitrogen and oxygen atoms in total. The van der Waals surface area contributed by atoms with Crippen LogP contribution < -0.4 is 0 Å². The van der Waals surface area contributed by atoms with Crippen LogP contribution in [0.1, 0.15) is 20.7 Å². The van der Waals surface area contributed by atoms with Gasteiger partial charge in [-0.1, -0.05) is 48.5 Å². The molecule has 0 saturated heterocycles. The highest BCUT2D eigenvalue weighted by Crippen LogP contribution is 2.46. The first-order valence-corrected chi connectivity index (χ1v) is 8.06. The predicted octanol–water partition coefficient (Wildman–Crippen LogP) is 4.70. The van der Waals surface area contributed by atoms with Gasteiger partial charge in [0, 0.05) is 11.1 Å². The summed E-state index contributed by atoms with van der Waals surface area (Å²) >= 11 is 0. The van der Waals surface area contributed by atoms with Crippen molar-refractivity contribution in [3.05, 3.63) is 71.8 Å². The molecule has 126 valence electrons. The van der Waals surface area contributed by atoms with Gasteiger partial charge >= 0.3 is 0 Å². The van der Waals surface area contributed by atoms with Crippen LogP contribution >= 0.6 is 0 Å². The van der Waals surface area contributed by atoms with Crippen molar-refractivity contribution in [3.63, 3.8) is 0 Å².